The highest BCUT2D eigenvalue weighted by Crippen LogP contribution is 2.14. The number of anilines is 1. The largest absolute Gasteiger partial charge is 0.342 e. The molecule has 2 aromatic rings. The molecule has 18 heavy (non-hydrogen) atoms. The third-order valence-corrected chi connectivity index (χ3v) is 3.13. The van der Waals surface area contributed by atoms with E-state index in [1.807, 2.05) is 13.0 Å². The van der Waals surface area contributed by atoms with Gasteiger partial charge in [0.1, 0.15) is 0 Å². The maximum atomic E-state index is 11.7. The number of aromatic amines is 1. The summed E-state index contributed by atoms with van der Waals surface area (Å²) in [6, 6.07) is 3.60. The van der Waals surface area contributed by atoms with E-state index >= 15 is 0 Å². The van der Waals surface area contributed by atoms with Crippen molar-refractivity contribution in [1.82, 2.24) is 15.3 Å². The first kappa shape index (κ1) is 12.3. The lowest BCUT2D eigenvalue weighted by molar-refractivity contribution is -0.115. The third kappa shape index (κ3) is 3.17. The monoisotopic (exact) mass is 264 g/mol. The average molecular weight is 264 g/mol. The highest BCUT2D eigenvalue weighted by Gasteiger charge is 2.10. The molecule has 2 rings (SSSR count). The zero-order valence-corrected chi connectivity index (χ0v) is 10.5. The molecule has 0 unspecified atom stereocenters. The highest BCUT2D eigenvalue weighted by molar-refractivity contribution is 7.13. The van der Waals surface area contributed by atoms with Crippen LogP contribution in [0, 0.1) is 6.92 Å². The zero-order chi connectivity index (χ0) is 13.0. The Balaban J connectivity index is 1.81. The van der Waals surface area contributed by atoms with Crippen LogP contribution in [0.2, 0.25) is 0 Å². The number of hydrogen-bond donors (Lipinski definition) is 3. The SMILES string of the molecule is Cc1ccc(C(=O)NCC(=O)Nc2ncc[nH]2)s1. The number of rotatable bonds is 4. The smallest absolute Gasteiger partial charge is 0.261 e. The number of carbonyl (C=O) groups excluding carboxylic acids is 2. The molecule has 3 N–H and O–H groups in total. The summed E-state index contributed by atoms with van der Waals surface area (Å²) in [5.41, 5.74) is 0. The quantitative estimate of drug-likeness (QED) is 0.774. The van der Waals surface area contributed by atoms with Gasteiger partial charge in [0.15, 0.2) is 0 Å². The number of H-pyrrole nitrogens is 1. The van der Waals surface area contributed by atoms with Gasteiger partial charge >= 0.3 is 0 Å². The molecule has 0 spiro atoms. The molecular formula is C11H12N4O2S. The lowest BCUT2D eigenvalue weighted by atomic mass is 10.4. The van der Waals surface area contributed by atoms with E-state index < -0.39 is 0 Å². The van der Waals surface area contributed by atoms with Crippen molar-refractivity contribution < 1.29 is 9.59 Å². The Morgan fingerprint density at radius 2 is 2.28 bits per heavy atom. The standard InChI is InChI=1S/C11H12N4O2S/c1-7-2-3-8(18-7)10(17)14-6-9(16)15-11-12-4-5-13-11/h2-5H,6H2,1H3,(H,14,17)(H2,12,13,15,16). The molecule has 2 aromatic heterocycles. The van der Waals surface area contributed by atoms with Crippen molar-refractivity contribution in [1.29, 1.82) is 0 Å². The first-order chi connectivity index (χ1) is 8.65. The van der Waals surface area contributed by atoms with Crippen LogP contribution in [-0.2, 0) is 4.79 Å². The van der Waals surface area contributed by atoms with E-state index in [0.717, 1.165) is 4.88 Å². The van der Waals surface area contributed by atoms with E-state index in [4.69, 9.17) is 0 Å². The molecule has 94 valence electrons. The van der Waals surface area contributed by atoms with E-state index in [1.165, 1.54) is 17.5 Å². The second-order valence-corrected chi connectivity index (χ2v) is 4.87. The number of amides is 2. The molecule has 0 fully saturated rings. The second-order valence-electron chi connectivity index (χ2n) is 3.58. The van der Waals surface area contributed by atoms with Crippen molar-refractivity contribution in [3.63, 3.8) is 0 Å². The predicted octanol–water partition coefficient (Wildman–Crippen LogP) is 1.15. The van der Waals surface area contributed by atoms with Gasteiger partial charge in [0.05, 0.1) is 11.4 Å². The maximum Gasteiger partial charge on any atom is 0.261 e. The van der Waals surface area contributed by atoms with Gasteiger partial charge < -0.3 is 10.3 Å². The average Bonchev–Trinajstić information content (AvgIpc) is 2.97. The molecule has 0 bridgehead atoms. The summed E-state index contributed by atoms with van der Waals surface area (Å²) in [6.45, 7) is 1.83. The van der Waals surface area contributed by atoms with Gasteiger partial charge in [0.25, 0.3) is 5.91 Å². The first-order valence-electron chi connectivity index (χ1n) is 5.29. The van der Waals surface area contributed by atoms with Gasteiger partial charge in [-0.2, -0.15) is 0 Å². The van der Waals surface area contributed by atoms with Crippen molar-refractivity contribution in [3.8, 4) is 0 Å². The van der Waals surface area contributed by atoms with Crippen molar-refractivity contribution >= 4 is 29.1 Å². The summed E-state index contributed by atoms with van der Waals surface area (Å²) in [7, 11) is 0. The molecule has 0 aliphatic heterocycles. The Hall–Kier alpha value is -2.15. The van der Waals surface area contributed by atoms with Crippen LogP contribution in [0.5, 0.6) is 0 Å². The summed E-state index contributed by atoms with van der Waals surface area (Å²) in [4.78, 5) is 31.4. The molecule has 0 aliphatic rings. The van der Waals surface area contributed by atoms with Crippen LogP contribution in [0.25, 0.3) is 0 Å². The number of aryl methyl sites for hydroxylation is 1. The van der Waals surface area contributed by atoms with E-state index in [0.29, 0.717) is 10.8 Å². The van der Waals surface area contributed by atoms with Crippen LogP contribution in [0.4, 0.5) is 5.95 Å². The van der Waals surface area contributed by atoms with Gasteiger partial charge in [-0.05, 0) is 19.1 Å². The lowest BCUT2D eigenvalue weighted by Gasteiger charge is -2.03. The van der Waals surface area contributed by atoms with Gasteiger partial charge in [0.2, 0.25) is 11.9 Å². The van der Waals surface area contributed by atoms with E-state index in [-0.39, 0.29) is 18.4 Å². The Morgan fingerprint density at radius 3 is 2.89 bits per heavy atom. The van der Waals surface area contributed by atoms with Crippen molar-refractivity contribution in [2.75, 3.05) is 11.9 Å². The topological polar surface area (TPSA) is 86.9 Å². The van der Waals surface area contributed by atoms with Gasteiger partial charge in [-0.3, -0.25) is 14.9 Å². The fourth-order valence-electron chi connectivity index (χ4n) is 1.31. The molecule has 0 saturated heterocycles. The predicted molar refractivity (Wildman–Crippen MR) is 68.6 cm³/mol. The molecular weight excluding hydrogens is 252 g/mol. The molecule has 0 aromatic carbocycles. The zero-order valence-electron chi connectivity index (χ0n) is 9.69. The van der Waals surface area contributed by atoms with E-state index in [9.17, 15) is 9.59 Å². The van der Waals surface area contributed by atoms with E-state index in [1.54, 1.807) is 12.3 Å². The van der Waals surface area contributed by atoms with Gasteiger partial charge in [-0.25, -0.2) is 4.98 Å². The molecule has 0 atom stereocenters. The number of nitrogens with one attached hydrogen (secondary N) is 3. The number of carbonyl (C=O) groups is 2. The minimum Gasteiger partial charge on any atom is -0.342 e. The van der Waals surface area contributed by atoms with Crippen molar-refractivity contribution in [2.45, 2.75) is 6.92 Å². The summed E-state index contributed by atoms with van der Waals surface area (Å²) in [5.74, 6) is -0.213. The number of hydrogen-bond acceptors (Lipinski definition) is 4. The number of thiophene rings is 1. The molecule has 6 nitrogen and oxygen atoms in total. The van der Waals surface area contributed by atoms with Crippen LogP contribution in [0.3, 0.4) is 0 Å². The number of imidazole rings is 1. The molecule has 0 saturated carbocycles. The van der Waals surface area contributed by atoms with Gasteiger partial charge in [-0.1, -0.05) is 0 Å². The summed E-state index contributed by atoms with van der Waals surface area (Å²) < 4.78 is 0. The fraction of sp³-hybridized carbons (Fsp3) is 0.182. The van der Waals surface area contributed by atoms with Gasteiger partial charge in [0, 0.05) is 17.3 Å². The first-order valence-corrected chi connectivity index (χ1v) is 6.10. The summed E-state index contributed by atoms with van der Waals surface area (Å²) in [5, 5.41) is 5.06. The van der Waals surface area contributed by atoms with Gasteiger partial charge in [-0.15, -0.1) is 11.3 Å². The Bertz CT molecular complexity index is 547. The second kappa shape index (κ2) is 5.46. The number of nitrogens with zero attached hydrogens (tertiary/aromatic N) is 1. The minimum atomic E-state index is -0.327. The third-order valence-electron chi connectivity index (χ3n) is 2.13. The lowest BCUT2D eigenvalue weighted by Crippen LogP contribution is -2.32. The summed E-state index contributed by atoms with van der Waals surface area (Å²) >= 11 is 1.39. The van der Waals surface area contributed by atoms with Crippen LogP contribution in [-0.4, -0.2) is 28.3 Å². The molecule has 2 amide bonds. The Kier molecular flexibility index (Phi) is 3.73. The molecule has 0 radical (unpaired) electrons. The number of aromatic nitrogens is 2. The van der Waals surface area contributed by atoms with E-state index in [2.05, 4.69) is 20.6 Å². The maximum absolute atomic E-state index is 11.7. The fourth-order valence-corrected chi connectivity index (χ4v) is 2.10. The molecule has 2 heterocycles. The van der Waals surface area contributed by atoms with Crippen LogP contribution in [0.1, 0.15) is 14.5 Å². The Morgan fingerprint density at radius 1 is 1.44 bits per heavy atom. The Labute approximate surface area is 107 Å². The van der Waals surface area contributed by atoms with Crippen molar-refractivity contribution in [3.05, 3.63) is 34.3 Å². The highest BCUT2D eigenvalue weighted by atomic mass is 32.1. The molecule has 0 aliphatic carbocycles. The normalized spacial score (nSPS) is 10.1. The summed E-state index contributed by atoms with van der Waals surface area (Å²) in [6.07, 6.45) is 3.13. The van der Waals surface area contributed by atoms with Crippen molar-refractivity contribution in [2.24, 2.45) is 0 Å². The van der Waals surface area contributed by atoms with Crippen LogP contribution < -0.4 is 10.6 Å². The van der Waals surface area contributed by atoms with Crippen LogP contribution >= 0.6 is 11.3 Å². The molecule has 7 heteroatoms. The minimum absolute atomic E-state index is 0.0868. The van der Waals surface area contributed by atoms with Crippen LogP contribution in [0.15, 0.2) is 24.5 Å².